The molecule has 0 radical (unpaired) electrons. The largest absolute Gasteiger partial charge is 0.229 e. The Morgan fingerprint density at radius 1 is 1.37 bits per heavy atom. The van der Waals surface area contributed by atoms with E-state index in [0.717, 1.165) is 30.6 Å². The monoisotopic (exact) mass is 279 g/mol. The van der Waals surface area contributed by atoms with Gasteiger partial charge in [-0.1, -0.05) is 12.5 Å². The lowest BCUT2D eigenvalue weighted by Crippen LogP contribution is -2.30. The zero-order valence-electron chi connectivity index (χ0n) is 10.9. The highest BCUT2D eigenvalue weighted by atomic mass is 32.2. The summed E-state index contributed by atoms with van der Waals surface area (Å²) in [4.78, 5) is 4.42. The molecular formula is C13H17N3O2S. The molecule has 1 atom stereocenters. The van der Waals surface area contributed by atoms with Gasteiger partial charge in [0.1, 0.15) is 0 Å². The summed E-state index contributed by atoms with van der Waals surface area (Å²) in [6.45, 7) is 1.96. The van der Waals surface area contributed by atoms with Crippen LogP contribution in [0, 0.1) is 6.92 Å². The molecule has 0 aromatic carbocycles. The van der Waals surface area contributed by atoms with Crippen LogP contribution in [0.4, 0.5) is 0 Å². The Morgan fingerprint density at radius 3 is 2.95 bits per heavy atom. The zero-order valence-corrected chi connectivity index (χ0v) is 11.7. The molecule has 1 unspecified atom stereocenters. The number of sulfone groups is 1. The van der Waals surface area contributed by atoms with Crippen molar-refractivity contribution in [3.05, 3.63) is 29.7 Å². The fourth-order valence-corrected chi connectivity index (χ4v) is 4.49. The number of hydrogen-bond donors (Lipinski definition) is 0. The Labute approximate surface area is 112 Å². The smallest absolute Gasteiger partial charge is 0.155 e. The van der Waals surface area contributed by atoms with E-state index in [-0.39, 0.29) is 5.25 Å². The number of aryl methyl sites for hydroxylation is 1. The van der Waals surface area contributed by atoms with Crippen molar-refractivity contribution in [2.75, 3.05) is 5.75 Å². The molecule has 0 N–H and O–H groups in total. The van der Waals surface area contributed by atoms with Gasteiger partial charge in [0.05, 0.1) is 11.0 Å². The lowest BCUT2D eigenvalue weighted by atomic mass is 10.1. The molecule has 0 spiro atoms. The minimum atomic E-state index is -2.96. The fourth-order valence-electron chi connectivity index (χ4n) is 2.62. The van der Waals surface area contributed by atoms with Crippen LogP contribution in [0.5, 0.6) is 0 Å². The number of aromatic nitrogens is 3. The van der Waals surface area contributed by atoms with Crippen LogP contribution in [0.1, 0.15) is 30.8 Å². The van der Waals surface area contributed by atoms with E-state index in [2.05, 4.69) is 10.1 Å². The van der Waals surface area contributed by atoms with Crippen molar-refractivity contribution < 1.29 is 8.42 Å². The van der Waals surface area contributed by atoms with E-state index in [1.807, 2.05) is 25.1 Å². The molecule has 2 aromatic heterocycles. The minimum absolute atomic E-state index is 0.307. The normalized spacial score (nSPS) is 22.7. The van der Waals surface area contributed by atoms with Crippen molar-refractivity contribution in [3.63, 3.8) is 0 Å². The first-order chi connectivity index (χ1) is 9.06. The predicted molar refractivity (Wildman–Crippen MR) is 72.9 cm³/mol. The third-order valence-corrected chi connectivity index (χ3v) is 5.99. The third-order valence-electron chi connectivity index (χ3n) is 3.72. The lowest BCUT2D eigenvalue weighted by Gasteiger charge is -2.20. The molecule has 19 heavy (non-hydrogen) atoms. The molecular weight excluding hydrogens is 262 g/mol. The number of hydrogen-bond acceptors (Lipinski definition) is 4. The Bertz CT molecular complexity index is 706. The van der Waals surface area contributed by atoms with Crippen LogP contribution in [0.3, 0.4) is 0 Å². The molecule has 5 nitrogen and oxygen atoms in total. The topological polar surface area (TPSA) is 64.3 Å². The molecule has 3 heterocycles. The molecule has 1 aliphatic rings. The van der Waals surface area contributed by atoms with Crippen LogP contribution in [-0.4, -0.2) is 34.0 Å². The molecule has 2 aromatic rings. The molecule has 0 aliphatic carbocycles. The SMILES string of the molecule is Cc1cccc2nc(CC3CCCCS3(=O)=O)nn12. The first-order valence-electron chi connectivity index (χ1n) is 6.59. The lowest BCUT2D eigenvalue weighted by molar-refractivity contribution is 0.534. The van der Waals surface area contributed by atoms with Crippen LogP contribution >= 0.6 is 0 Å². The first kappa shape index (κ1) is 12.6. The molecule has 3 rings (SSSR count). The molecule has 1 saturated heterocycles. The highest BCUT2D eigenvalue weighted by molar-refractivity contribution is 7.92. The second kappa shape index (κ2) is 4.59. The molecule has 0 bridgehead atoms. The summed E-state index contributed by atoms with van der Waals surface area (Å²) in [5.74, 6) is 0.939. The summed E-state index contributed by atoms with van der Waals surface area (Å²) >= 11 is 0. The number of nitrogens with zero attached hydrogens (tertiary/aromatic N) is 3. The molecule has 102 valence electrons. The Morgan fingerprint density at radius 2 is 2.21 bits per heavy atom. The van der Waals surface area contributed by atoms with Gasteiger partial charge in [-0.2, -0.15) is 5.10 Å². The van der Waals surface area contributed by atoms with E-state index in [1.54, 1.807) is 4.52 Å². The Kier molecular flexibility index (Phi) is 3.05. The van der Waals surface area contributed by atoms with Crippen LogP contribution in [-0.2, 0) is 16.3 Å². The summed E-state index contributed by atoms with van der Waals surface area (Å²) in [5.41, 5.74) is 1.78. The molecule has 0 amide bonds. The molecule has 0 saturated carbocycles. The van der Waals surface area contributed by atoms with Gasteiger partial charge < -0.3 is 0 Å². The summed E-state index contributed by atoms with van der Waals surface area (Å²) in [6, 6.07) is 5.78. The van der Waals surface area contributed by atoms with Crippen LogP contribution in [0.15, 0.2) is 18.2 Å². The zero-order chi connectivity index (χ0) is 13.5. The maximum Gasteiger partial charge on any atom is 0.155 e. The number of fused-ring (bicyclic) bond motifs is 1. The van der Waals surface area contributed by atoms with Crippen molar-refractivity contribution in [1.82, 2.24) is 14.6 Å². The maximum atomic E-state index is 12.0. The average molecular weight is 279 g/mol. The summed E-state index contributed by atoms with van der Waals surface area (Å²) in [7, 11) is -2.96. The van der Waals surface area contributed by atoms with Gasteiger partial charge in [0, 0.05) is 12.1 Å². The first-order valence-corrected chi connectivity index (χ1v) is 8.31. The van der Waals surface area contributed by atoms with Crippen molar-refractivity contribution in [1.29, 1.82) is 0 Å². The van der Waals surface area contributed by atoms with Gasteiger partial charge in [0.2, 0.25) is 0 Å². The molecule has 1 aliphatic heterocycles. The standard InChI is InChI=1S/C13H17N3O2S/c1-10-5-4-7-13-14-12(15-16(10)13)9-11-6-2-3-8-19(11,17)18/h4-5,7,11H,2-3,6,8-9H2,1H3. The fraction of sp³-hybridized carbons (Fsp3) is 0.538. The number of pyridine rings is 1. The third kappa shape index (κ3) is 2.36. The van der Waals surface area contributed by atoms with Crippen molar-refractivity contribution >= 4 is 15.5 Å². The van der Waals surface area contributed by atoms with Crippen LogP contribution < -0.4 is 0 Å². The van der Waals surface area contributed by atoms with Gasteiger partial charge in [0.25, 0.3) is 0 Å². The second-order valence-corrected chi connectivity index (χ2v) is 7.55. The van der Waals surface area contributed by atoms with Crippen molar-refractivity contribution in [2.24, 2.45) is 0 Å². The average Bonchev–Trinajstić information content (AvgIpc) is 2.76. The maximum absolute atomic E-state index is 12.0. The van der Waals surface area contributed by atoms with E-state index >= 15 is 0 Å². The highest BCUT2D eigenvalue weighted by Crippen LogP contribution is 2.22. The second-order valence-electron chi connectivity index (χ2n) is 5.15. The Hall–Kier alpha value is -1.43. The van der Waals surface area contributed by atoms with Crippen molar-refractivity contribution in [3.8, 4) is 0 Å². The summed E-state index contributed by atoms with van der Waals surface area (Å²) in [6.07, 6.45) is 2.94. The Balaban J connectivity index is 1.91. The highest BCUT2D eigenvalue weighted by Gasteiger charge is 2.30. The van der Waals surface area contributed by atoms with Gasteiger partial charge >= 0.3 is 0 Å². The van der Waals surface area contributed by atoms with Gasteiger partial charge in [-0.25, -0.2) is 17.9 Å². The van der Waals surface area contributed by atoms with Crippen molar-refractivity contribution in [2.45, 2.75) is 37.9 Å². The predicted octanol–water partition coefficient (Wildman–Crippen LogP) is 1.55. The quantitative estimate of drug-likeness (QED) is 0.836. The van der Waals surface area contributed by atoms with E-state index in [4.69, 9.17) is 0 Å². The number of rotatable bonds is 2. The molecule has 1 fully saturated rings. The van der Waals surface area contributed by atoms with E-state index in [0.29, 0.717) is 18.0 Å². The van der Waals surface area contributed by atoms with Gasteiger partial charge in [-0.05, 0) is 31.9 Å². The summed E-state index contributed by atoms with van der Waals surface area (Å²) < 4.78 is 25.8. The minimum Gasteiger partial charge on any atom is -0.229 e. The van der Waals surface area contributed by atoms with Gasteiger partial charge in [-0.3, -0.25) is 0 Å². The van der Waals surface area contributed by atoms with Gasteiger partial charge in [-0.15, -0.1) is 0 Å². The van der Waals surface area contributed by atoms with E-state index in [1.165, 1.54) is 0 Å². The van der Waals surface area contributed by atoms with E-state index < -0.39 is 9.84 Å². The molecule has 6 heteroatoms. The van der Waals surface area contributed by atoms with Crippen LogP contribution in [0.25, 0.3) is 5.65 Å². The summed E-state index contributed by atoms with van der Waals surface area (Å²) in [5, 5.41) is 4.11. The van der Waals surface area contributed by atoms with Crippen LogP contribution in [0.2, 0.25) is 0 Å². The van der Waals surface area contributed by atoms with E-state index in [9.17, 15) is 8.42 Å². The van der Waals surface area contributed by atoms with Gasteiger partial charge in [0.15, 0.2) is 21.3 Å².